The highest BCUT2D eigenvalue weighted by molar-refractivity contribution is 5.80. The molecular weight excluding hydrogens is 284 g/mol. The van der Waals surface area contributed by atoms with Gasteiger partial charge in [-0.1, -0.05) is 0 Å². The van der Waals surface area contributed by atoms with Crippen molar-refractivity contribution < 1.29 is 14.3 Å². The Morgan fingerprint density at radius 1 is 1.45 bits per heavy atom. The maximum atomic E-state index is 12.1. The number of piperidine rings is 1. The molecule has 2 heterocycles. The van der Waals surface area contributed by atoms with Crippen molar-refractivity contribution in [1.29, 1.82) is 0 Å². The van der Waals surface area contributed by atoms with Crippen molar-refractivity contribution in [3.8, 4) is 0 Å². The van der Waals surface area contributed by atoms with E-state index in [4.69, 9.17) is 4.74 Å². The van der Waals surface area contributed by atoms with Crippen LogP contribution in [0.2, 0.25) is 0 Å². The fourth-order valence-electron chi connectivity index (χ4n) is 2.56. The minimum absolute atomic E-state index is 0.000457. The fraction of sp³-hybridized carbons (Fsp3) is 0.667. The molecule has 1 fully saturated rings. The first-order valence-electron chi connectivity index (χ1n) is 7.81. The first-order chi connectivity index (χ1) is 10.7. The van der Waals surface area contributed by atoms with Crippen LogP contribution in [0.3, 0.4) is 0 Å². The summed E-state index contributed by atoms with van der Waals surface area (Å²) < 4.78 is 5.13. The summed E-state index contributed by atoms with van der Waals surface area (Å²) in [5.41, 5.74) is 1.08. The standard InChI is InChI=1S/C15H24N4O3/c1-2-22-11-14(20)19-7-4-13(5-8-19)15(21)16-6-3-12-9-17-18-10-12/h9-10,13H,2-8,11H2,1H3,(H,16,21)(H,17,18). The average molecular weight is 308 g/mol. The molecule has 1 saturated heterocycles. The number of nitrogens with one attached hydrogen (secondary N) is 2. The van der Waals surface area contributed by atoms with E-state index in [1.54, 1.807) is 11.1 Å². The Kier molecular flexibility index (Phi) is 6.39. The van der Waals surface area contributed by atoms with Crippen molar-refractivity contribution in [1.82, 2.24) is 20.4 Å². The molecule has 2 rings (SSSR count). The van der Waals surface area contributed by atoms with E-state index in [0.717, 1.165) is 24.8 Å². The predicted octanol–water partition coefficient (Wildman–Crippen LogP) is 0.344. The maximum Gasteiger partial charge on any atom is 0.248 e. The molecule has 0 bridgehead atoms. The van der Waals surface area contributed by atoms with Crippen LogP contribution in [0.25, 0.3) is 0 Å². The van der Waals surface area contributed by atoms with Gasteiger partial charge >= 0.3 is 0 Å². The van der Waals surface area contributed by atoms with Crippen LogP contribution in [-0.4, -0.2) is 59.8 Å². The molecule has 0 saturated carbocycles. The number of H-pyrrole nitrogens is 1. The number of nitrogens with zero attached hydrogens (tertiary/aromatic N) is 2. The van der Waals surface area contributed by atoms with Gasteiger partial charge < -0.3 is 15.0 Å². The van der Waals surface area contributed by atoms with Gasteiger partial charge in [-0.15, -0.1) is 0 Å². The lowest BCUT2D eigenvalue weighted by molar-refractivity contribution is -0.139. The molecule has 1 aliphatic rings. The van der Waals surface area contributed by atoms with Gasteiger partial charge in [0.15, 0.2) is 0 Å². The Morgan fingerprint density at radius 2 is 2.23 bits per heavy atom. The highest BCUT2D eigenvalue weighted by Crippen LogP contribution is 2.17. The number of aromatic nitrogens is 2. The van der Waals surface area contributed by atoms with E-state index < -0.39 is 0 Å². The fourth-order valence-corrected chi connectivity index (χ4v) is 2.56. The molecule has 7 heteroatoms. The van der Waals surface area contributed by atoms with Gasteiger partial charge in [0.1, 0.15) is 6.61 Å². The molecule has 0 atom stereocenters. The van der Waals surface area contributed by atoms with Crippen LogP contribution < -0.4 is 5.32 Å². The van der Waals surface area contributed by atoms with E-state index in [1.165, 1.54) is 0 Å². The second-order valence-electron chi connectivity index (χ2n) is 5.44. The maximum absolute atomic E-state index is 12.1. The monoisotopic (exact) mass is 308 g/mol. The topological polar surface area (TPSA) is 87.3 Å². The molecule has 0 unspecified atom stereocenters. The van der Waals surface area contributed by atoms with E-state index in [1.807, 2.05) is 13.1 Å². The minimum atomic E-state index is 0.000457. The third-order valence-electron chi connectivity index (χ3n) is 3.92. The van der Waals surface area contributed by atoms with Gasteiger partial charge in [0.2, 0.25) is 11.8 Å². The number of likely N-dealkylation sites (tertiary alicyclic amines) is 1. The first kappa shape index (κ1) is 16.5. The second kappa shape index (κ2) is 8.53. The summed E-state index contributed by atoms with van der Waals surface area (Å²) in [5.74, 6) is 0.0987. The third-order valence-corrected chi connectivity index (χ3v) is 3.92. The van der Waals surface area contributed by atoms with Gasteiger partial charge in [0.25, 0.3) is 0 Å². The van der Waals surface area contributed by atoms with E-state index in [9.17, 15) is 9.59 Å². The van der Waals surface area contributed by atoms with E-state index in [0.29, 0.717) is 26.2 Å². The molecule has 0 radical (unpaired) electrons. The normalized spacial score (nSPS) is 15.8. The Bertz CT molecular complexity index is 467. The summed E-state index contributed by atoms with van der Waals surface area (Å²) in [5, 5.41) is 9.58. The van der Waals surface area contributed by atoms with E-state index in [2.05, 4.69) is 15.5 Å². The minimum Gasteiger partial charge on any atom is -0.372 e. The van der Waals surface area contributed by atoms with Gasteiger partial charge in [0, 0.05) is 38.4 Å². The van der Waals surface area contributed by atoms with Crippen molar-refractivity contribution in [2.24, 2.45) is 5.92 Å². The number of amides is 2. The largest absolute Gasteiger partial charge is 0.372 e. The summed E-state index contributed by atoms with van der Waals surface area (Å²) in [6.07, 6.45) is 5.79. The Labute approximate surface area is 130 Å². The van der Waals surface area contributed by atoms with E-state index >= 15 is 0 Å². The van der Waals surface area contributed by atoms with Crippen LogP contribution in [0.1, 0.15) is 25.3 Å². The highest BCUT2D eigenvalue weighted by atomic mass is 16.5. The summed E-state index contributed by atoms with van der Waals surface area (Å²) in [4.78, 5) is 25.7. The van der Waals surface area contributed by atoms with Crippen LogP contribution in [0.5, 0.6) is 0 Å². The molecule has 122 valence electrons. The number of aromatic amines is 1. The van der Waals surface area contributed by atoms with Crippen LogP contribution in [0.15, 0.2) is 12.4 Å². The van der Waals surface area contributed by atoms with Crippen molar-refractivity contribution in [3.05, 3.63) is 18.0 Å². The van der Waals surface area contributed by atoms with Crippen LogP contribution in [0.4, 0.5) is 0 Å². The predicted molar refractivity (Wildman–Crippen MR) is 81.1 cm³/mol. The number of rotatable bonds is 7. The number of carbonyl (C=O) groups excluding carboxylic acids is 2. The number of hydrogen-bond donors (Lipinski definition) is 2. The van der Waals surface area contributed by atoms with Crippen LogP contribution in [0, 0.1) is 5.92 Å². The molecule has 1 aliphatic heterocycles. The lowest BCUT2D eigenvalue weighted by Crippen LogP contribution is -2.44. The average Bonchev–Trinajstić information content (AvgIpc) is 3.06. The lowest BCUT2D eigenvalue weighted by Gasteiger charge is -2.31. The molecule has 22 heavy (non-hydrogen) atoms. The number of ether oxygens (including phenoxy) is 1. The summed E-state index contributed by atoms with van der Waals surface area (Å²) in [6, 6.07) is 0. The van der Waals surface area contributed by atoms with Gasteiger partial charge in [-0.3, -0.25) is 14.7 Å². The summed E-state index contributed by atoms with van der Waals surface area (Å²) >= 11 is 0. The van der Waals surface area contributed by atoms with Gasteiger partial charge in [-0.25, -0.2) is 0 Å². The molecule has 2 amide bonds. The Hall–Kier alpha value is -1.89. The summed E-state index contributed by atoms with van der Waals surface area (Å²) in [6.45, 7) is 4.42. The van der Waals surface area contributed by atoms with Gasteiger partial charge in [-0.05, 0) is 31.7 Å². The zero-order valence-electron chi connectivity index (χ0n) is 13.0. The first-order valence-corrected chi connectivity index (χ1v) is 7.81. The van der Waals surface area contributed by atoms with E-state index in [-0.39, 0.29) is 24.3 Å². The SMILES string of the molecule is CCOCC(=O)N1CCC(C(=O)NCCc2cn[nH]c2)CC1. The molecule has 1 aromatic heterocycles. The van der Waals surface area contributed by atoms with Crippen LogP contribution in [-0.2, 0) is 20.7 Å². The van der Waals surface area contributed by atoms with Crippen molar-refractivity contribution in [3.63, 3.8) is 0 Å². The molecule has 0 aliphatic carbocycles. The molecule has 7 nitrogen and oxygen atoms in total. The quantitative estimate of drug-likeness (QED) is 0.760. The highest BCUT2D eigenvalue weighted by Gasteiger charge is 2.26. The second-order valence-corrected chi connectivity index (χ2v) is 5.44. The lowest BCUT2D eigenvalue weighted by atomic mass is 9.96. The summed E-state index contributed by atoms with van der Waals surface area (Å²) in [7, 11) is 0. The molecular formula is C15H24N4O3. The van der Waals surface area contributed by atoms with Crippen molar-refractivity contribution >= 4 is 11.8 Å². The number of hydrogen-bond acceptors (Lipinski definition) is 4. The van der Waals surface area contributed by atoms with Gasteiger partial charge in [-0.2, -0.15) is 5.10 Å². The molecule has 2 N–H and O–H groups in total. The van der Waals surface area contributed by atoms with Crippen molar-refractivity contribution in [2.45, 2.75) is 26.2 Å². The third kappa shape index (κ3) is 4.84. The Morgan fingerprint density at radius 3 is 2.86 bits per heavy atom. The zero-order valence-corrected chi connectivity index (χ0v) is 13.0. The number of carbonyl (C=O) groups is 2. The molecule has 0 spiro atoms. The smallest absolute Gasteiger partial charge is 0.248 e. The Balaban J connectivity index is 1.65. The van der Waals surface area contributed by atoms with Gasteiger partial charge in [0.05, 0.1) is 6.20 Å². The van der Waals surface area contributed by atoms with Crippen molar-refractivity contribution in [2.75, 3.05) is 32.8 Å². The molecule has 1 aromatic rings. The van der Waals surface area contributed by atoms with Crippen LogP contribution >= 0.6 is 0 Å². The zero-order chi connectivity index (χ0) is 15.8. The molecule has 0 aromatic carbocycles.